The highest BCUT2D eigenvalue weighted by molar-refractivity contribution is 5.89. The molecule has 0 radical (unpaired) electrons. The van der Waals surface area contributed by atoms with E-state index in [2.05, 4.69) is 10.4 Å². The third-order valence-corrected chi connectivity index (χ3v) is 3.31. The second kappa shape index (κ2) is 5.28. The van der Waals surface area contributed by atoms with E-state index in [0.29, 0.717) is 11.9 Å². The highest BCUT2D eigenvalue weighted by Crippen LogP contribution is 2.16. The predicted octanol–water partition coefficient (Wildman–Crippen LogP) is 2.34. The molecule has 0 spiro atoms. The molecular weight excluding hydrogens is 266 g/mol. The lowest BCUT2D eigenvalue weighted by Gasteiger charge is -2.09. The van der Waals surface area contributed by atoms with Crippen LogP contribution in [0.15, 0.2) is 53.3 Å². The fourth-order valence-corrected chi connectivity index (χ4v) is 2.36. The molecule has 0 bridgehead atoms. The molecule has 0 aliphatic heterocycles. The number of amides is 1. The van der Waals surface area contributed by atoms with Gasteiger partial charge in [-0.05, 0) is 23.8 Å². The summed E-state index contributed by atoms with van der Waals surface area (Å²) in [5.41, 5.74) is 2.33. The average molecular weight is 281 g/mol. The van der Waals surface area contributed by atoms with Crippen molar-refractivity contribution >= 4 is 22.5 Å². The van der Waals surface area contributed by atoms with Crippen LogP contribution in [-0.2, 0) is 11.3 Å². The number of aromatic amines is 1. The van der Waals surface area contributed by atoms with Crippen LogP contribution in [0.2, 0.25) is 0 Å². The van der Waals surface area contributed by atoms with Crippen LogP contribution >= 0.6 is 0 Å². The number of H-pyrrole nitrogens is 1. The van der Waals surface area contributed by atoms with Crippen molar-refractivity contribution in [2.24, 2.45) is 0 Å². The van der Waals surface area contributed by atoms with E-state index in [-0.39, 0.29) is 11.5 Å². The first kappa shape index (κ1) is 13.2. The Balaban J connectivity index is 2.01. The first-order valence-corrected chi connectivity index (χ1v) is 6.68. The van der Waals surface area contributed by atoms with Gasteiger partial charge in [-0.3, -0.25) is 14.7 Å². The molecule has 0 saturated heterocycles. The number of rotatable bonds is 3. The summed E-state index contributed by atoms with van der Waals surface area (Å²) in [4.78, 5) is 23.5. The van der Waals surface area contributed by atoms with Crippen LogP contribution in [-0.4, -0.2) is 15.7 Å². The molecule has 0 fully saturated rings. The molecule has 0 saturated carbocycles. The largest absolute Gasteiger partial charge is 0.326 e. The summed E-state index contributed by atoms with van der Waals surface area (Å²) in [7, 11) is 0. The number of fused-ring (bicyclic) bond motifs is 1. The van der Waals surface area contributed by atoms with Gasteiger partial charge in [0.05, 0.1) is 17.4 Å². The van der Waals surface area contributed by atoms with E-state index < -0.39 is 0 Å². The maximum atomic E-state index is 12.3. The van der Waals surface area contributed by atoms with Gasteiger partial charge in [0, 0.05) is 12.6 Å². The molecule has 0 aliphatic carbocycles. The summed E-state index contributed by atoms with van der Waals surface area (Å²) in [5, 5.41) is 6.52. The van der Waals surface area contributed by atoms with Gasteiger partial charge in [-0.15, -0.1) is 0 Å². The van der Waals surface area contributed by atoms with Crippen LogP contribution in [0.4, 0.5) is 5.69 Å². The second-order valence-corrected chi connectivity index (χ2v) is 4.89. The Morgan fingerprint density at radius 1 is 1.14 bits per heavy atom. The Bertz CT molecular complexity index is 861. The van der Waals surface area contributed by atoms with Gasteiger partial charge in [0.2, 0.25) is 5.91 Å². The standard InChI is InChI=1S/C16H15N3O2/c1-11(20)17-14-8-4-2-6-12(14)10-19-16(21)13-7-3-5-9-15(13)18-19/h2-9,18H,10H2,1H3,(H,17,20). The molecule has 1 heterocycles. The molecule has 0 unspecified atom stereocenters. The number of carbonyl (C=O) groups is 1. The molecule has 0 atom stereocenters. The van der Waals surface area contributed by atoms with Crippen molar-refractivity contribution < 1.29 is 4.79 Å². The van der Waals surface area contributed by atoms with Crippen molar-refractivity contribution in [3.05, 3.63) is 64.4 Å². The number of para-hydroxylation sites is 2. The van der Waals surface area contributed by atoms with E-state index in [4.69, 9.17) is 0 Å². The zero-order valence-electron chi connectivity index (χ0n) is 11.6. The lowest BCUT2D eigenvalue weighted by Crippen LogP contribution is -2.18. The monoisotopic (exact) mass is 281 g/mol. The van der Waals surface area contributed by atoms with Crippen LogP contribution in [0.3, 0.4) is 0 Å². The molecule has 21 heavy (non-hydrogen) atoms. The first-order chi connectivity index (χ1) is 10.1. The molecule has 1 amide bonds. The summed E-state index contributed by atoms with van der Waals surface area (Å²) in [6, 6.07) is 14.8. The van der Waals surface area contributed by atoms with Crippen LogP contribution in [0.25, 0.3) is 10.9 Å². The predicted molar refractivity (Wildman–Crippen MR) is 82.4 cm³/mol. The lowest BCUT2D eigenvalue weighted by atomic mass is 10.1. The Morgan fingerprint density at radius 2 is 1.86 bits per heavy atom. The van der Waals surface area contributed by atoms with Crippen molar-refractivity contribution in [3.63, 3.8) is 0 Å². The number of nitrogens with one attached hydrogen (secondary N) is 2. The number of carbonyl (C=O) groups excluding carboxylic acids is 1. The molecule has 5 heteroatoms. The summed E-state index contributed by atoms with van der Waals surface area (Å²) in [6.07, 6.45) is 0. The van der Waals surface area contributed by atoms with Crippen molar-refractivity contribution in [1.82, 2.24) is 9.78 Å². The zero-order valence-corrected chi connectivity index (χ0v) is 11.6. The van der Waals surface area contributed by atoms with E-state index in [1.54, 1.807) is 10.7 Å². The van der Waals surface area contributed by atoms with E-state index in [1.807, 2.05) is 42.5 Å². The Labute approximate surface area is 121 Å². The summed E-state index contributed by atoms with van der Waals surface area (Å²) in [5.74, 6) is -0.133. The van der Waals surface area contributed by atoms with Gasteiger partial charge in [0.25, 0.3) is 5.56 Å². The summed E-state index contributed by atoms with van der Waals surface area (Å²) < 4.78 is 1.55. The molecule has 2 aromatic carbocycles. The van der Waals surface area contributed by atoms with Crippen LogP contribution in [0.5, 0.6) is 0 Å². The number of benzene rings is 2. The van der Waals surface area contributed by atoms with Crippen molar-refractivity contribution in [2.75, 3.05) is 5.32 Å². The van der Waals surface area contributed by atoms with Gasteiger partial charge in [-0.2, -0.15) is 0 Å². The normalized spacial score (nSPS) is 10.7. The molecule has 106 valence electrons. The maximum Gasteiger partial charge on any atom is 0.274 e. The summed E-state index contributed by atoms with van der Waals surface area (Å²) >= 11 is 0. The number of hydrogen-bond acceptors (Lipinski definition) is 2. The molecule has 3 aromatic rings. The van der Waals surface area contributed by atoms with Gasteiger partial charge in [-0.25, -0.2) is 4.68 Å². The van der Waals surface area contributed by atoms with Crippen LogP contribution < -0.4 is 10.9 Å². The smallest absolute Gasteiger partial charge is 0.274 e. The molecule has 0 aliphatic rings. The van der Waals surface area contributed by atoms with Gasteiger partial charge < -0.3 is 5.32 Å². The SMILES string of the molecule is CC(=O)Nc1ccccc1Cn1[nH]c2ccccc2c1=O. The van der Waals surface area contributed by atoms with E-state index in [0.717, 1.165) is 16.8 Å². The van der Waals surface area contributed by atoms with Crippen molar-refractivity contribution in [3.8, 4) is 0 Å². The van der Waals surface area contributed by atoms with Gasteiger partial charge >= 0.3 is 0 Å². The van der Waals surface area contributed by atoms with Gasteiger partial charge in [0.1, 0.15) is 0 Å². The Morgan fingerprint density at radius 3 is 2.62 bits per heavy atom. The van der Waals surface area contributed by atoms with E-state index >= 15 is 0 Å². The van der Waals surface area contributed by atoms with E-state index in [1.165, 1.54) is 6.92 Å². The fourth-order valence-electron chi connectivity index (χ4n) is 2.36. The number of nitrogens with zero attached hydrogens (tertiary/aromatic N) is 1. The second-order valence-electron chi connectivity index (χ2n) is 4.89. The van der Waals surface area contributed by atoms with Crippen molar-refractivity contribution in [2.45, 2.75) is 13.5 Å². The quantitative estimate of drug-likeness (QED) is 0.773. The van der Waals surface area contributed by atoms with Gasteiger partial charge in [0.15, 0.2) is 0 Å². The van der Waals surface area contributed by atoms with E-state index in [9.17, 15) is 9.59 Å². The van der Waals surface area contributed by atoms with Crippen LogP contribution in [0, 0.1) is 0 Å². The zero-order chi connectivity index (χ0) is 14.8. The Kier molecular flexibility index (Phi) is 3.31. The first-order valence-electron chi connectivity index (χ1n) is 6.68. The molecule has 2 N–H and O–H groups in total. The third-order valence-electron chi connectivity index (χ3n) is 3.31. The third kappa shape index (κ3) is 2.58. The minimum absolute atomic E-state index is 0.0665. The minimum Gasteiger partial charge on any atom is -0.326 e. The average Bonchev–Trinajstić information content (AvgIpc) is 2.78. The minimum atomic E-state index is -0.133. The molecular formula is C16H15N3O2. The summed E-state index contributed by atoms with van der Waals surface area (Å²) in [6.45, 7) is 1.84. The molecule has 1 aromatic heterocycles. The fraction of sp³-hybridized carbons (Fsp3) is 0.125. The highest BCUT2D eigenvalue weighted by atomic mass is 16.1. The van der Waals surface area contributed by atoms with Crippen LogP contribution in [0.1, 0.15) is 12.5 Å². The highest BCUT2D eigenvalue weighted by Gasteiger charge is 2.09. The Hall–Kier alpha value is -2.82. The van der Waals surface area contributed by atoms with Gasteiger partial charge in [-0.1, -0.05) is 30.3 Å². The maximum absolute atomic E-state index is 12.3. The number of hydrogen-bond donors (Lipinski definition) is 2. The number of anilines is 1. The molecule has 3 rings (SSSR count). The number of aromatic nitrogens is 2. The topological polar surface area (TPSA) is 66.9 Å². The molecule has 5 nitrogen and oxygen atoms in total. The van der Waals surface area contributed by atoms with Crippen molar-refractivity contribution in [1.29, 1.82) is 0 Å². The lowest BCUT2D eigenvalue weighted by molar-refractivity contribution is -0.114.